The number of thioether (sulfide) groups is 1. The maximum atomic E-state index is 14.1. The van der Waals surface area contributed by atoms with Gasteiger partial charge in [0, 0.05) is 56.2 Å². The summed E-state index contributed by atoms with van der Waals surface area (Å²) in [5, 5.41) is 10.4. The first kappa shape index (κ1) is 38.5. The quantitative estimate of drug-likeness (QED) is 0.103. The van der Waals surface area contributed by atoms with Crippen molar-refractivity contribution in [2.45, 2.75) is 76.7 Å². The number of carbonyl (C=O) groups excluding carboxylic acids is 3. The Bertz CT molecular complexity index is 1710. The summed E-state index contributed by atoms with van der Waals surface area (Å²) in [6.07, 6.45) is 6.96. The third kappa shape index (κ3) is 12.5. The molecule has 0 fully saturated rings. The lowest BCUT2D eigenvalue weighted by Crippen LogP contribution is -2.54. The van der Waals surface area contributed by atoms with Crippen LogP contribution in [0.5, 0.6) is 0 Å². The number of nitrogens with zero attached hydrogens (tertiary/aromatic N) is 4. The van der Waals surface area contributed by atoms with Crippen molar-refractivity contribution >= 4 is 46.2 Å². The number of alkyl carbamates (subject to hydrolysis) is 1. The standard InChI is InChI=1S/C38H48N8O4S2/c1-26(2)36-43-32(23-51-36)21-46(3)37(48)45-34(18-31-19-39-24-41-31)35(47)42-29(16-27-10-6-4-7-11-27)14-15-30(17-28-12-8-5-9-13-28)44-38(49)50-22-33-20-40-25-52-33/h4-13,19-20,24-26,29-30,32,34H,14-18,21-23H2,1-3H3,(H,39,41)(H,42,47)(H,44,49)(H,45,48)/t29-,30-,32?,34+/m1/s1. The average Bonchev–Trinajstić information content (AvgIpc) is 3.95. The highest BCUT2D eigenvalue weighted by atomic mass is 32.2. The predicted molar refractivity (Wildman–Crippen MR) is 206 cm³/mol. The molecule has 0 saturated carbocycles. The van der Waals surface area contributed by atoms with Crippen molar-refractivity contribution in [3.05, 3.63) is 107 Å². The van der Waals surface area contributed by atoms with Gasteiger partial charge in [-0.05, 0) is 36.8 Å². The minimum atomic E-state index is -0.871. The number of thiazole rings is 1. The van der Waals surface area contributed by atoms with Gasteiger partial charge in [-0.2, -0.15) is 0 Å². The summed E-state index contributed by atoms with van der Waals surface area (Å²) in [7, 11) is 1.73. The first-order valence-corrected chi connectivity index (χ1v) is 19.5. The molecule has 0 aliphatic carbocycles. The number of aromatic nitrogens is 3. The summed E-state index contributed by atoms with van der Waals surface area (Å²) in [6.45, 7) is 4.83. The summed E-state index contributed by atoms with van der Waals surface area (Å²) in [6, 6.07) is 18.2. The van der Waals surface area contributed by atoms with E-state index in [9.17, 15) is 14.4 Å². The Labute approximate surface area is 313 Å². The SMILES string of the molecule is CC(C)C1=NC(CN(C)C(=O)N[C@@H](Cc2c[nH]cn2)C(=O)N[C@H](CC[C@H](Cc2ccccc2)NC(=O)OCc2cncs2)Cc2ccccc2)CS1. The number of aliphatic imine (C=N–C) groups is 1. The van der Waals surface area contributed by atoms with Crippen LogP contribution in [0, 0.1) is 5.92 Å². The summed E-state index contributed by atoms with van der Waals surface area (Å²) in [5.41, 5.74) is 4.50. The van der Waals surface area contributed by atoms with Crippen LogP contribution in [0.1, 0.15) is 48.4 Å². The van der Waals surface area contributed by atoms with E-state index in [1.807, 2.05) is 60.7 Å². The number of likely N-dealkylation sites (N-methyl/N-ethyl adjacent to an activating group) is 1. The molecule has 4 N–H and O–H groups in total. The maximum Gasteiger partial charge on any atom is 0.407 e. The monoisotopic (exact) mass is 744 g/mol. The zero-order valence-corrected chi connectivity index (χ0v) is 31.5. The Morgan fingerprint density at radius 3 is 2.19 bits per heavy atom. The lowest BCUT2D eigenvalue weighted by atomic mass is 9.95. The van der Waals surface area contributed by atoms with E-state index in [2.05, 4.69) is 44.7 Å². The van der Waals surface area contributed by atoms with Crippen molar-refractivity contribution in [3.8, 4) is 0 Å². The minimum Gasteiger partial charge on any atom is -0.444 e. The number of amides is 4. The van der Waals surface area contributed by atoms with Crippen LogP contribution in [0.4, 0.5) is 9.59 Å². The summed E-state index contributed by atoms with van der Waals surface area (Å²) >= 11 is 3.16. The number of urea groups is 1. The third-order valence-electron chi connectivity index (χ3n) is 8.65. The fraction of sp³-hybridized carbons (Fsp3) is 0.421. The molecule has 0 spiro atoms. The van der Waals surface area contributed by atoms with E-state index in [1.165, 1.54) is 11.3 Å². The molecule has 52 heavy (non-hydrogen) atoms. The molecule has 1 aliphatic heterocycles. The van der Waals surface area contributed by atoms with Gasteiger partial charge in [0.05, 0.1) is 33.5 Å². The molecule has 2 aromatic heterocycles. The molecular formula is C38H48N8O4S2. The van der Waals surface area contributed by atoms with Crippen molar-refractivity contribution in [2.75, 3.05) is 19.3 Å². The number of rotatable bonds is 18. The van der Waals surface area contributed by atoms with Crippen LogP contribution in [0.3, 0.4) is 0 Å². The molecule has 276 valence electrons. The highest BCUT2D eigenvalue weighted by Crippen LogP contribution is 2.23. The number of nitrogens with one attached hydrogen (secondary N) is 4. The summed E-state index contributed by atoms with van der Waals surface area (Å²) < 4.78 is 5.51. The Morgan fingerprint density at radius 2 is 1.62 bits per heavy atom. The number of H-pyrrole nitrogens is 1. The number of hydrogen-bond donors (Lipinski definition) is 4. The molecule has 2 aromatic carbocycles. The lowest BCUT2D eigenvalue weighted by molar-refractivity contribution is -0.123. The van der Waals surface area contributed by atoms with Crippen LogP contribution >= 0.6 is 23.1 Å². The van der Waals surface area contributed by atoms with Crippen molar-refractivity contribution in [3.63, 3.8) is 0 Å². The molecule has 3 heterocycles. The van der Waals surface area contributed by atoms with Gasteiger partial charge in [0.15, 0.2) is 0 Å². The van der Waals surface area contributed by atoms with E-state index in [4.69, 9.17) is 9.73 Å². The molecule has 4 aromatic rings. The zero-order chi connectivity index (χ0) is 36.7. The second-order valence-electron chi connectivity index (χ2n) is 13.3. The smallest absolute Gasteiger partial charge is 0.407 e. The van der Waals surface area contributed by atoms with E-state index in [-0.39, 0.29) is 43.1 Å². The molecule has 0 radical (unpaired) electrons. The third-order valence-corrected chi connectivity index (χ3v) is 10.8. The summed E-state index contributed by atoms with van der Waals surface area (Å²) in [4.78, 5) is 59.1. The Balaban J connectivity index is 1.27. The van der Waals surface area contributed by atoms with E-state index in [0.717, 1.165) is 26.8 Å². The predicted octanol–water partition coefficient (Wildman–Crippen LogP) is 5.63. The van der Waals surface area contributed by atoms with Gasteiger partial charge in [-0.3, -0.25) is 14.8 Å². The second-order valence-corrected chi connectivity index (χ2v) is 15.3. The molecule has 0 saturated heterocycles. The van der Waals surface area contributed by atoms with Gasteiger partial charge >= 0.3 is 12.1 Å². The molecular weight excluding hydrogens is 697 g/mol. The molecule has 12 nitrogen and oxygen atoms in total. The molecule has 4 atom stereocenters. The van der Waals surface area contributed by atoms with Crippen LogP contribution in [-0.4, -0.2) is 86.4 Å². The fourth-order valence-corrected chi connectivity index (χ4v) is 7.54. The van der Waals surface area contributed by atoms with Gasteiger partial charge in [0.2, 0.25) is 5.91 Å². The summed E-state index contributed by atoms with van der Waals surface area (Å²) in [5.74, 6) is 0.874. The van der Waals surface area contributed by atoms with Crippen LogP contribution in [0.2, 0.25) is 0 Å². The van der Waals surface area contributed by atoms with Crippen molar-refractivity contribution in [2.24, 2.45) is 10.9 Å². The Morgan fingerprint density at radius 1 is 0.942 bits per heavy atom. The van der Waals surface area contributed by atoms with Crippen LogP contribution in [0.25, 0.3) is 0 Å². The largest absolute Gasteiger partial charge is 0.444 e. The van der Waals surface area contributed by atoms with E-state index in [0.29, 0.717) is 43.8 Å². The molecule has 1 aliphatic rings. The first-order chi connectivity index (χ1) is 25.2. The fourth-order valence-electron chi connectivity index (χ4n) is 5.93. The molecule has 5 rings (SSSR count). The zero-order valence-electron chi connectivity index (χ0n) is 29.9. The first-order valence-electron chi connectivity index (χ1n) is 17.6. The molecule has 14 heteroatoms. The van der Waals surface area contributed by atoms with Crippen molar-refractivity contribution in [1.29, 1.82) is 0 Å². The van der Waals surface area contributed by atoms with E-state index < -0.39 is 12.1 Å². The maximum absolute atomic E-state index is 14.1. The van der Waals surface area contributed by atoms with E-state index >= 15 is 0 Å². The van der Waals surface area contributed by atoms with Gasteiger partial charge in [-0.15, -0.1) is 23.1 Å². The van der Waals surface area contributed by atoms with Crippen LogP contribution in [0.15, 0.2) is 89.9 Å². The number of imidazole rings is 1. The highest BCUT2D eigenvalue weighted by molar-refractivity contribution is 8.14. The second kappa shape index (κ2) is 19.8. The van der Waals surface area contributed by atoms with Crippen LogP contribution < -0.4 is 16.0 Å². The Hall–Kier alpha value is -4.69. The molecule has 4 amide bonds. The van der Waals surface area contributed by atoms with Gasteiger partial charge < -0.3 is 30.6 Å². The average molecular weight is 745 g/mol. The number of benzene rings is 2. The van der Waals surface area contributed by atoms with Crippen molar-refractivity contribution < 1.29 is 19.1 Å². The highest BCUT2D eigenvalue weighted by Gasteiger charge is 2.28. The topological polar surface area (TPSA) is 154 Å². The number of hydrogen-bond acceptors (Lipinski definition) is 9. The normalized spacial score (nSPS) is 15.7. The number of ether oxygens (including phenoxy) is 1. The Kier molecular flexibility index (Phi) is 14.7. The van der Waals surface area contributed by atoms with Gasteiger partial charge in [-0.25, -0.2) is 14.6 Å². The van der Waals surface area contributed by atoms with Gasteiger partial charge in [-0.1, -0.05) is 74.5 Å². The van der Waals surface area contributed by atoms with Gasteiger partial charge in [0.1, 0.15) is 12.6 Å². The molecule has 0 bridgehead atoms. The van der Waals surface area contributed by atoms with E-state index in [1.54, 1.807) is 47.9 Å². The van der Waals surface area contributed by atoms with Gasteiger partial charge in [0.25, 0.3) is 0 Å². The number of aromatic amines is 1. The lowest BCUT2D eigenvalue weighted by Gasteiger charge is -2.27. The number of carbonyl (C=O) groups is 3. The van der Waals surface area contributed by atoms with Crippen LogP contribution in [-0.2, 0) is 35.4 Å². The molecule has 1 unspecified atom stereocenters. The minimum absolute atomic E-state index is 0.00875. The van der Waals surface area contributed by atoms with Crippen molar-refractivity contribution in [1.82, 2.24) is 35.8 Å².